The lowest BCUT2D eigenvalue weighted by atomic mass is 10.0. The van der Waals surface area contributed by atoms with Crippen molar-refractivity contribution >= 4 is 22.9 Å². The van der Waals surface area contributed by atoms with Gasteiger partial charge in [-0.3, -0.25) is 9.48 Å². The van der Waals surface area contributed by atoms with Crippen molar-refractivity contribution in [3.8, 4) is 5.75 Å². The quantitative estimate of drug-likeness (QED) is 0.682. The summed E-state index contributed by atoms with van der Waals surface area (Å²) in [5, 5.41) is 8.98. The molecule has 2 aromatic heterocycles. The molecule has 0 unspecified atom stereocenters. The normalized spacial score (nSPS) is 11.0. The Balaban J connectivity index is 1.59. The number of nitrogens with one attached hydrogen (secondary N) is 1. The highest BCUT2D eigenvalue weighted by molar-refractivity contribution is 7.12. The SMILES string of the molecule is Cc1c(NC(=O)c2cc(COc3ccc(C(C)C)cc3)cs2)cnn1C. The Bertz CT molecular complexity index is 894. The van der Waals surface area contributed by atoms with Gasteiger partial charge < -0.3 is 10.1 Å². The number of hydrogen-bond acceptors (Lipinski definition) is 4. The van der Waals surface area contributed by atoms with Crippen molar-refractivity contribution in [1.82, 2.24) is 9.78 Å². The molecule has 0 aliphatic rings. The van der Waals surface area contributed by atoms with Gasteiger partial charge in [0.05, 0.1) is 22.5 Å². The van der Waals surface area contributed by atoms with Crippen molar-refractivity contribution in [2.45, 2.75) is 33.3 Å². The van der Waals surface area contributed by atoms with E-state index in [0.717, 1.165) is 22.7 Å². The molecule has 1 N–H and O–H groups in total. The summed E-state index contributed by atoms with van der Waals surface area (Å²) >= 11 is 1.41. The Hall–Kier alpha value is -2.60. The molecule has 2 heterocycles. The zero-order chi connectivity index (χ0) is 18.7. The van der Waals surface area contributed by atoms with Crippen LogP contribution in [0.4, 0.5) is 5.69 Å². The molecular weight excluding hydrogens is 346 g/mol. The van der Waals surface area contributed by atoms with Crippen molar-refractivity contribution in [3.63, 3.8) is 0 Å². The lowest BCUT2D eigenvalue weighted by Gasteiger charge is -2.08. The number of nitrogens with zero attached hydrogens (tertiary/aromatic N) is 2. The molecule has 0 aliphatic heterocycles. The number of carbonyl (C=O) groups excluding carboxylic acids is 1. The minimum absolute atomic E-state index is 0.126. The molecule has 0 spiro atoms. The Morgan fingerprint density at radius 2 is 2.04 bits per heavy atom. The third kappa shape index (κ3) is 4.14. The minimum Gasteiger partial charge on any atom is -0.489 e. The highest BCUT2D eigenvalue weighted by Gasteiger charge is 2.13. The molecule has 0 bridgehead atoms. The number of anilines is 1. The summed E-state index contributed by atoms with van der Waals surface area (Å²) in [6.07, 6.45) is 1.66. The predicted octanol–water partition coefficient (Wildman–Crippen LogP) is 4.74. The number of amides is 1. The molecule has 1 amide bonds. The molecule has 6 heteroatoms. The Kier molecular flexibility index (Phi) is 5.42. The molecule has 1 aromatic carbocycles. The van der Waals surface area contributed by atoms with Gasteiger partial charge in [0, 0.05) is 12.6 Å². The number of hydrogen-bond donors (Lipinski definition) is 1. The van der Waals surface area contributed by atoms with Crippen molar-refractivity contribution in [2.24, 2.45) is 7.05 Å². The van der Waals surface area contributed by atoms with E-state index in [1.165, 1.54) is 16.9 Å². The van der Waals surface area contributed by atoms with Crippen LogP contribution in [0.2, 0.25) is 0 Å². The Labute approximate surface area is 157 Å². The summed E-state index contributed by atoms with van der Waals surface area (Å²) in [6, 6.07) is 10.0. The van der Waals surface area contributed by atoms with Gasteiger partial charge in [-0.25, -0.2) is 0 Å². The lowest BCUT2D eigenvalue weighted by Crippen LogP contribution is -2.10. The number of ether oxygens (including phenoxy) is 1. The van der Waals surface area contributed by atoms with Crippen LogP contribution in [0, 0.1) is 6.92 Å². The summed E-state index contributed by atoms with van der Waals surface area (Å²) < 4.78 is 7.55. The van der Waals surface area contributed by atoms with E-state index >= 15 is 0 Å². The second-order valence-electron chi connectivity index (χ2n) is 6.55. The fourth-order valence-corrected chi connectivity index (χ4v) is 3.28. The molecule has 0 radical (unpaired) electrons. The van der Waals surface area contributed by atoms with E-state index in [1.807, 2.05) is 37.6 Å². The Morgan fingerprint density at radius 1 is 1.31 bits per heavy atom. The first kappa shape index (κ1) is 18.2. The van der Waals surface area contributed by atoms with Gasteiger partial charge in [-0.15, -0.1) is 11.3 Å². The van der Waals surface area contributed by atoms with E-state index in [-0.39, 0.29) is 5.91 Å². The van der Waals surface area contributed by atoms with Gasteiger partial charge in [0.2, 0.25) is 0 Å². The van der Waals surface area contributed by atoms with Gasteiger partial charge in [0.25, 0.3) is 5.91 Å². The smallest absolute Gasteiger partial charge is 0.265 e. The van der Waals surface area contributed by atoms with Crippen molar-refractivity contribution in [3.05, 3.63) is 63.6 Å². The second-order valence-corrected chi connectivity index (χ2v) is 7.46. The molecule has 0 saturated heterocycles. The third-order valence-electron chi connectivity index (χ3n) is 4.31. The van der Waals surface area contributed by atoms with E-state index < -0.39 is 0 Å². The molecule has 3 rings (SSSR count). The van der Waals surface area contributed by atoms with Gasteiger partial charge >= 0.3 is 0 Å². The Morgan fingerprint density at radius 3 is 2.65 bits per heavy atom. The van der Waals surface area contributed by atoms with E-state index in [1.54, 1.807) is 10.9 Å². The van der Waals surface area contributed by atoms with E-state index in [0.29, 0.717) is 17.4 Å². The topological polar surface area (TPSA) is 56.1 Å². The molecule has 26 heavy (non-hydrogen) atoms. The van der Waals surface area contributed by atoms with Gasteiger partial charge in [0.1, 0.15) is 12.4 Å². The fourth-order valence-electron chi connectivity index (χ4n) is 2.49. The first-order chi connectivity index (χ1) is 12.4. The maximum Gasteiger partial charge on any atom is 0.265 e. The molecule has 5 nitrogen and oxygen atoms in total. The van der Waals surface area contributed by atoms with Crippen LogP contribution in [0.25, 0.3) is 0 Å². The zero-order valence-electron chi connectivity index (χ0n) is 15.4. The molecule has 0 aliphatic carbocycles. The summed E-state index contributed by atoms with van der Waals surface area (Å²) in [4.78, 5) is 13.0. The van der Waals surface area contributed by atoms with Crippen LogP contribution in [0.15, 0.2) is 41.9 Å². The number of aromatic nitrogens is 2. The van der Waals surface area contributed by atoms with Crippen LogP contribution in [-0.2, 0) is 13.7 Å². The predicted molar refractivity (Wildman–Crippen MR) is 105 cm³/mol. The molecule has 0 fully saturated rings. The third-order valence-corrected chi connectivity index (χ3v) is 5.29. The number of aryl methyl sites for hydroxylation is 1. The summed E-state index contributed by atoms with van der Waals surface area (Å²) in [6.45, 7) is 6.69. The molecule has 136 valence electrons. The summed E-state index contributed by atoms with van der Waals surface area (Å²) in [7, 11) is 1.85. The van der Waals surface area contributed by atoms with Crippen molar-refractivity contribution in [2.75, 3.05) is 5.32 Å². The maximum atomic E-state index is 12.4. The monoisotopic (exact) mass is 369 g/mol. The molecule has 0 saturated carbocycles. The average Bonchev–Trinajstić information content (AvgIpc) is 3.22. The summed E-state index contributed by atoms with van der Waals surface area (Å²) in [5.74, 6) is 1.21. The van der Waals surface area contributed by atoms with Crippen LogP contribution in [0.3, 0.4) is 0 Å². The van der Waals surface area contributed by atoms with Crippen LogP contribution < -0.4 is 10.1 Å². The number of benzene rings is 1. The first-order valence-corrected chi connectivity index (χ1v) is 9.42. The van der Waals surface area contributed by atoms with Gasteiger partial charge in [-0.2, -0.15) is 5.10 Å². The van der Waals surface area contributed by atoms with Crippen LogP contribution in [0.5, 0.6) is 5.75 Å². The standard InChI is InChI=1S/C20H23N3O2S/c1-13(2)16-5-7-17(8-6-16)25-11-15-9-19(26-12-15)20(24)22-18-10-21-23(4)14(18)3/h5-10,12-13H,11H2,1-4H3,(H,22,24). The summed E-state index contributed by atoms with van der Waals surface area (Å²) in [5.41, 5.74) is 3.92. The van der Waals surface area contributed by atoms with Crippen LogP contribution in [-0.4, -0.2) is 15.7 Å². The molecular formula is C20H23N3O2S. The van der Waals surface area contributed by atoms with Gasteiger partial charge in [0.15, 0.2) is 0 Å². The van der Waals surface area contributed by atoms with Gasteiger partial charge in [-0.05, 0) is 42.0 Å². The number of rotatable bonds is 6. The van der Waals surface area contributed by atoms with E-state index in [4.69, 9.17) is 4.74 Å². The van der Waals surface area contributed by atoms with Crippen LogP contribution >= 0.6 is 11.3 Å². The van der Waals surface area contributed by atoms with E-state index in [2.05, 4.69) is 36.4 Å². The average molecular weight is 369 g/mol. The largest absolute Gasteiger partial charge is 0.489 e. The lowest BCUT2D eigenvalue weighted by molar-refractivity contribution is 0.103. The van der Waals surface area contributed by atoms with Crippen molar-refractivity contribution in [1.29, 1.82) is 0 Å². The number of carbonyl (C=O) groups is 1. The van der Waals surface area contributed by atoms with Crippen LogP contribution in [0.1, 0.15) is 46.3 Å². The highest BCUT2D eigenvalue weighted by Crippen LogP contribution is 2.22. The molecule has 3 aromatic rings. The zero-order valence-corrected chi connectivity index (χ0v) is 16.3. The number of thiophene rings is 1. The second kappa shape index (κ2) is 7.74. The fraction of sp³-hybridized carbons (Fsp3) is 0.300. The van der Waals surface area contributed by atoms with E-state index in [9.17, 15) is 4.79 Å². The van der Waals surface area contributed by atoms with Gasteiger partial charge in [-0.1, -0.05) is 26.0 Å². The molecule has 0 atom stereocenters. The first-order valence-electron chi connectivity index (χ1n) is 8.54. The highest BCUT2D eigenvalue weighted by atomic mass is 32.1. The van der Waals surface area contributed by atoms with Crippen molar-refractivity contribution < 1.29 is 9.53 Å². The minimum atomic E-state index is -0.126. The maximum absolute atomic E-state index is 12.4.